The number of carbonyl (C=O) groups is 1. The third kappa shape index (κ3) is 3.14. The standard InChI is InChI=1S/C13H24N2O3/c1-10-4-3-5-14(6-10)13(17)15-7-11(2)18-12(8-15)9-16/h10-12,16H,3-9H2,1-2H3. The summed E-state index contributed by atoms with van der Waals surface area (Å²) in [7, 11) is 0. The highest BCUT2D eigenvalue weighted by molar-refractivity contribution is 5.74. The second-order valence-corrected chi connectivity index (χ2v) is 5.63. The van der Waals surface area contributed by atoms with E-state index in [2.05, 4.69) is 6.92 Å². The fraction of sp³-hybridized carbons (Fsp3) is 0.923. The molecule has 18 heavy (non-hydrogen) atoms. The average molecular weight is 256 g/mol. The predicted octanol–water partition coefficient (Wildman–Crippen LogP) is 0.920. The van der Waals surface area contributed by atoms with E-state index in [1.807, 2.05) is 16.7 Å². The number of carbonyl (C=O) groups excluding carboxylic acids is 1. The van der Waals surface area contributed by atoms with Crippen LogP contribution in [0.5, 0.6) is 0 Å². The van der Waals surface area contributed by atoms with Gasteiger partial charge in [-0.1, -0.05) is 6.92 Å². The Balaban J connectivity index is 1.94. The average Bonchev–Trinajstić information content (AvgIpc) is 2.37. The molecule has 1 N–H and O–H groups in total. The van der Waals surface area contributed by atoms with Crippen molar-refractivity contribution in [2.75, 3.05) is 32.8 Å². The lowest BCUT2D eigenvalue weighted by atomic mass is 10.0. The molecular formula is C13H24N2O3. The van der Waals surface area contributed by atoms with Crippen molar-refractivity contribution in [2.45, 2.75) is 38.9 Å². The maximum absolute atomic E-state index is 12.4. The monoisotopic (exact) mass is 256 g/mol. The van der Waals surface area contributed by atoms with Gasteiger partial charge < -0.3 is 19.6 Å². The minimum Gasteiger partial charge on any atom is -0.394 e. The van der Waals surface area contributed by atoms with Gasteiger partial charge in [0.25, 0.3) is 0 Å². The van der Waals surface area contributed by atoms with Gasteiger partial charge in [-0.2, -0.15) is 0 Å². The van der Waals surface area contributed by atoms with Crippen molar-refractivity contribution in [3.63, 3.8) is 0 Å². The van der Waals surface area contributed by atoms with E-state index >= 15 is 0 Å². The summed E-state index contributed by atoms with van der Waals surface area (Å²) in [4.78, 5) is 16.2. The zero-order chi connectivity index (χ0) is 13.1. The van der Waals surface area contributed by atoms with E-state index in [0.717, 1.165) is 19.5 Å². The molecule has 2 fully saturated rings. The Hall–Kier alpha value is -0.810. The van der Waals surface area contributed by atoms with Crippen molar-refractivity contribution < 1.29 is 14.6 Å². The van der Waals surface area contributed by atoms with E-state index in [9.17, 15) is 9.90 Å². The third-order valence-corrected chi connectivity index (χ3v) is 3.73. The van der Waals surface area contributed by atoms with Gasteiger partial charge in [0.2, 0.25) is 0 Å². The van der Waals surface area contributed by atoms with Crippen molar-refractivity contribution in [1.82, 2.24) is 9.80 Å². The van der Waals surface area contributed by atoms with Gasteiger partial charge in [-0.05, 0) is 25.7 Å². The molecule has 3 unspecified atom stereocenters. The Morgan fingerprint density at radius 2 is 2.06 bits per heavy atom. The lowest BCUT2D eigenvalue weighted by Gasteiger charge is -2.40. The van der Waals surface area contributed by atoms with Crippen LogP contribution in [0.2, 0.25) is 0 Å². The molecule has 0 aromatic rings. The lowest BCUT2D eigenvalue weighted by molar-refractivity contribution is -0.0866. The minimum atomic E-state index is -0.236. The van der Waals surface area contributed by atoms with Gasteiger partial charge in [-0.3, -0.25) is 0 Å². The first kappa shape index (κ1) is 13.6. The zero-order valence-electron chi connectivity index (χ0n) is 11.3. The number of likely N-dealkylation sites (tertiary alicyclic amines) is 1. The Bertz CT molecular complexity index is 298. The molecule has 104 valence electrons. The van der Waals surface area contributed by atoms with E-state index in [1.54, 1.807) is 0 Å². The number of hydrogen-bond donors (Lipinski definition) is 1. The molecule has 0 spiro atoms. The molecule has 2 saturated heterocycles. The number of ether oxygens (including phenoxy) is 1. The fourth-order valence-electron chi connectivity index (χ4n) is 2.87. The van der Waals surface area contributed by atoms with E-state index in [0.29, 0.717) is 19.0 Å². The summed E-state index contributed by atoms with van der Waals surface area (Å²) in [5.41, 5.74) is 0. The molecular weight excluding hydrogens is 232 g/mol. The first-order valence-corrected chi connectivity index (χ1v) is 6.90. The van der Waals surface area contributed by atoms with Crippen molar-refractivity contribution in [3.8, 4) is 0 Å². The van der Waals surface area contributed by atoms with Gasteiger partial charge in [-0.15, -0.1) is 0 Å². The summed E-state index contributed by atoms with van der Waals surface area (Å²) in [5.74, 6) is 0.592. The van der Waals surface area contributed by atoms with Crippen molar-refractivity contribution >= 4 is 6.03 Å². The summed E-state index contributed by atoms with van der Waals surface area (Å²) in [6, 6.07) is 0.107. The summed E-state index contributed by atoms with van der Waals surface area (Å²) in [6.07, 6.45) is 2.07. The van der Waals surface area contributed by atoms with Crippen LogP contribution in [0, 0.1) is 5.92 Å². The van der Waals surface area contributed by atoms with E-state index < -0.39 is 0 Å². The molecule has 0 aromatic carbocycles. The van der Waals surface area contributed by atoms with Crippen LogP contribution in [-0.4, -0.2) is 65.9 Å². The van der Waals surface area contributed by atoms with Gasteiger partial charge in [0, 0.05) is 19.6 Å². The summed E-state index contributed by atoms with van der Waals surface area (Å²) in [5, 5.41) is 9.18. The number of amides is 2. The highest BCUT2D eigenvalue weighted by Crippen LogP contribution is 2.19. The van der Waals surface area contributed by atoms with Crippen LogP contribution in [0.4, 0.5) is 4.79 Å². The van der Waals surface area contributed by atoms with Gasteiger partial charge in [-0.25, -0.2) is 4.79 Å². The van der Waals surface area contributed by atoms with Crippen LogP contribution >= 0.6 is 0 Å². The van der Waals surface area contributed by atoms with Gasteiger partial charge in [0.1, 0.15) is 0 Å². The number of hydrogen-bond acceptors (Lipinski definition) is 3. The van der Waals surface area contributed by atoms with Crippen molar-refractivity contribution in [3.05, 3.63) is 0 Å². The van der Waals surface area contributed by atoms with E-state index in [-0.39, 0.29) is 24.8 Å². The second-order valence-electron chi connectivity index (χ2n) is 5.63. The van der Waals surface area contributed by atoms with Gasteiger partial charge >= 0.3 is 6.03 Å². The number of nitrogens with zero attached hydrogens (tertiary/aromatic N) is 2. The molecule has 0 aromatic heterocycles. The normalized spacial score (nSPS) is 33.6. The van der Waals surface area contributed by atoms with Crippen LogP contribution in [-0.2, 0) is 4.74 Å². The second kappa shape index (κ2) is 5.89. The first-order chi connectivity index (χ1) is 8.60. The number of urea groups is 1. The van der Waals surface area contributed by atoms with Crippen molar-refractivity contribution in [1.29, 1.82) is 0 Å². The molecule has 3 atom stereocenters. The third-order valence-electron chi connectivity index (χ3n) is 3.73. The quantitative estimate of drug-likeness (QED) is 0.759. The Labute approximate surface area is 109 Å². The predicted molar refractivity (Wildman–Crippen MR) is 68.4 cm³/mol. The number of morpholine rings is 1. The maximum atomic E-state index is 12.4. The van der Waals surface area contributed by atoms with Crippen LogP contribution in [0.1, 0.15) is 26.7 Å². The smallest absolute Gasteiger partial charge is 0.320 e. The summed E-state index contributed by atoms with van der Waals surface area (Å²) >= 11 is 0. The summed E-state index contributed by atoms with van der Waals surface area (Å²) < 4.78 is 5.56. The Kier molecular flexibility index (Phi) is 4.45. The Morgan fingerprint density at radius 1 is 1.28 bits per heavy atom. The fourth-order valence-corrected chi connectivity index (χ4v) is 2.87. The molecule has 0 aliphatic carbocycles. The van der Waals surface area contributed by atoms with Gasteiger partial charge in [0.05, 0.1) is 25.4 Å². The topological polar surface area (TPSA) is 53.0 Å². The maximum Gasteiger partial charge on any atom is 0.320 e. The lowest BCUT2D eigenvalue weighted by Crippen LogP contribution is -2.55. The molecule has 0 bridgehead atoms. The van der Waals surface area contributed by atoms with Gasteiger partial charge in [0.15, 0.2) is 0 Å². The molecule has 2 aliphatic heterocycles. The molecule has 0 radical (unpaired) electrons. The molecule has 2 heterocycles. The molecule has 5 nitrogen and oxygen atoms in total. The zero-order valence-corrected chi connectivity index (χ0v) is 11.3. The molecule has 2 rings (SSSR count). The molecule has 2 amide bonds. The minimum absolute atomic E-state index is 0.00191. The summed E-state index contributed by atoms with van der Waals surface area (Å²) in [6.45, 7) is 6.96. The Morgan fingerprint density at radius 3 is 2.72 bits per heavy atom. The van der Waals surface area contributed by atoms with Crippen LogP contribution in [0.3, 0.4) is 0 Å². The van der Waals surface area contributed by atoms with E-state index in [4.69, 9.17) is 4.74 Å². The van der Waals surface area contributed by atoms with Crippen molar-refractivity contribution in [2.24, 2.45) is 5.92 Å². The number of aliphatic hydroxyl groups excluding tert-OH is 1. The molecule has 2 aliphatic rings. The largest absolute Gasteiger partial charge is 0.394 e. The number of aliphatic hydroxyl groups is 1. The van der Waals surface area contributed by atoms with E-state index in [1.165, 1.54) is 6.42 Å². The highest BCUT2D eigenvalue weighted by atomic mass is 16.5. The highest BCUT2D eigenvalue weighted by Gasteiger charge is 2.31. The number of piperidine rings is 1. The SMILES string of the molecule is CC1CCCN(C(=O)N2CC(C)OC(CO)C2)C1. The molecule has 0 saturated carbocycles. The van der Waals surface area contributed by atoms with Crippen LogP contribution in [0.15, 0.2) is 0 Å². The first-order valence-electron chi connectivity index (χ1n) is 6.90. The molecule has 5 heteroatoms. The number of rotatable bonds is 1. The van der Waals surface area contributed by atoms with Crippen LogP contribution < -0.4 is 0 Å². The van der Waals surface area contributed by atoms with Crippen LogP contribution in [0.25, 0.3) is 0 Å².